The van der Waals surface area contributed by atoms with Crippen molar-refractivity contribution in [2.45, 2.75) is 12.8 Å². The fourth-order valence-electron chi connectivity index (χ4n) is 2.52. The second-order valence-corrected chi connectivity index (χ2v) is 5.39. The van der Waals surface area contributed by atoms with E-state index in [0.717, 1.165) is 31.7 Å². The molecular formula is C14H18FN3O. The zero-order chi connectivity index (χ0) is 13.2. The largest absolute Gasteiger partial charge is 0.336 e. The zero-order valence-electron chi connectivity index (χ0n) is 10.9. The van der Waals surface area contributed by atoms with Crippen LogP contribution >= 0.6 is 0 Å². The number of aromatic nitrogens is 1. The van der Waals surface area contributed by atoms with Gasteiger partial charge in [0, 0.05) is 38.9 Å². The Morgan fingerprint density at radius 3 is 2.68 bits per heavy atom. The van der Waals surface area contributed by atoms with Crippen LogP contribution in [0.25, 0.3) is 0 Å². The monoisotopic (exact) mass is 263 g/mol. The van der Waals surface area contributed by atoms with Gasteiger partial charge in [0.15, 0.2) is 5.82 Å². The number of amides is 1. The quantitative estimate of drug-likeness (QED) is 0.827. The molecule has 3 rings (SSSR count). The summed E-state index contributed by atoms with van der Waals surface area (Å²) in [5.74, 6) is 0.124. The Balaban J connectivity index is 1.58. The Morgan fingerprint density at radius 1 is 1.32 bits per heavy atom. The molecule has 1 amide bonds. The maximum Gasteiger partial charge on any atom is 0.257 e. The summed E-state index contributed by atoms with van der Waals surface area (Å²) in [5, 5.41) is 0. The predicted octanol–water partition coefficient (Wildman–Crippen LogP) is 1.39. The van der Waals surface area contributed by atoms with Crippen LogP contribution in [0.1, 0.15) is 23.2 Å². The molecule has 2 fully saturated rings. The number of pyridine rings is 1. The molecule has 19 heavy (non-hydrogen) atoms. The first-order valence-corrected chi connectivity index (χ1v) is 6.85. The van der Waals surface area contributed by atoms with Gasteiger partial charge in [-0.2, -0.15) is 0 Å². The molecule has 0 aromatic carbocycles. The number of carbonyl (C=O) groups excluding carboxylic acids is 1. The first kappa shape index (κ1) is 12.5. The van der Waals surface area contributed by atoms with Gasteiger partial charge in [0.2, 0.25) is 0 Å². The SMILES string of the molecule is O=C(c1ccncc1F)N1CCN(CC2CC2)CC1. The van der Waals surface area contributed by atoms with E-state index in [1.165, 1.54) is 25.1 Å². The van der Waals surface area contributed by atoms with E-state index in [9.17, 15) is 9.18 Å². The smallest absolute Gasteiger partial charge is 0.257 e. The summed E-state index contributed by atoms with van der Waals surface area (Å²) in [5.41, 5.74) is 0.130. The Morgan fingerprint density at radius 2 is 2.05 bits per heavy atom. The molecule has 5 heteroatoms. The molecule has 1 saturated heterocycles. The molecule has 0 spiro atoms. The summed E-state index contributed by atoms with van der Waals surface area (Å²) in [7, 11) is 0. The van der Waals surface area contributed by atoms with Crippen molar-refractivity contribution >= 4 is 5.91 Å². The second-order valence-electron chi connectivity index (χ2n) is 5.39. The summed E-state index contributed by atoms with van der Waals surface area (Å²) < 4.78 is 13.5. The van der Waals surface area contributed by atoms with Crippen LogP contribution in [-0.4, -0.2) is 53.4 Å². The molecular weight excluding hydrogens is 245 g/mol. The fourth-order valence-corrected chi connectivity index (χ4v) is 2.52. The van der Waals surface area contributed by atoms with Crippen molar-refractivity contribution in [2.75, 3.05) is 32.7 Å². The number of carbonyl (C=O) groups is 1. The number of hydrogen-bond donors (Lipinski definition) is 0. The number of rotatable bonds is 3. The molecule has 1 aliphatic carbocycles. The lowest BCUT2D eigenvalue weighted by Gasteiger charge is -2.34. The minimum Gasteiger partial charge on any atom is -0.336 e. The highest BCUT2D eigenvalue weighted by molar-refractivity contribution is 5.94. The van der Waals surface area contributed by atoms with E-state index in [4.69, 9.17) is 0 Å². The molecule has 2 aliphatic rings. The van der Waals surface area contributed by atoms with Crippen molar-refractivity contribution in [3.63, 3.8) is 0 Å². The Labute approximate surface area is 112 Å². The van der Waals surface area contributed by atoms with E-state index in [-0.39, 0.29) is 11.5 Å². The highest BCUT2D eigenvalue weighted by Gasteiger charge is 2.28. The number of hydrogen-bond acceptors (Lipinski definition) is 3. The van der Waals surface area contributed by atoms with Crippen molar-refractivity contribution in [2.24, 2.45) is 5.92 Å². The highest BCUT2D eigenvalue weighted by Crippen LogP contribution is 2.30. The van der Waals surface area contributed by atoms with E-state index < -0.39 is 5.82 Å². The van der Waals surface area contributed by atoms with Gasteiger partial charge in [-0.3, -0.25) is 14.7 Å². The van der Waals surface area contributed by atoms with Gasteiger partial charge in [-0.05, 0) is 24.8 Å². The Bertz CT molecular complexity index is 468. The van der Waals surface area contributed by atoms with Crippen LogP contribution in [0.5, 0.6) is 0 Å². The average molecular weight is 263 g/mol. The van der Waals surface area contributed by atoms with E-state index in [2.05, 4.69) is 9.88 Å². The minimum absolute atomic E-state index is 0.130. The third kappa shape index (κ3) is 2.92. The van der Waals surface area contributed by atoms with Crippen LogP contribution in [-0.2, 0) is 0 Å². The molecule has 0 N–H and O–H groups in total. The number of piperazine rings is 1. The molecule has 1 aliphatic heterocycles. The van der Waals surface area contributed by atoms with Gasteiger partial charge in [-0.15, -0.1) is 0 Å². The Hall–Kier alpha value is -1.49. The maximum atomic E-state index is 13.5. The van der Waals surface area contributed by atoms with Gasteiger partial charge in [0.25, 0.3) is 5.91 Å². The van der Waals surface area contributed by atoms with Crippen LogP contribution < -0.4 is 0 Å². The maximum absolute atomic E-state index is 13.5. The second kappa shape index (κ2) is 5.25. The molecule has 0 bridgehead atoms. The van der Waals surface area contributed by atoms with E-state index in [1.807, 2.05) is 0 Å². The first-order valence-electron chi connectivity index (χ1n) is 6.85. The topological polar surface area (TPSA) is 36.4 Å². The van der Waals surface area contributed by atoms with E-state index in [1.54, 1.807) is 4.90 Å². The van der Waals surface area contributed by atoms with Gasteiger partial charge >= 0.3 is 0 Å². The Kier molecular flexibility index (Phi) is 3.46. The molecule has 1 aromatic heterocycles. The number of halogens is 1. The average Bonchev–Trinajstić information content (AvgIpc) is 3.23. The van der Waals surface area contributed by atoms with Crippen LogP contribution in [0.2, 0.25) is 0 Å². The van der Waals surface area contributed by atoms with Crippen LogP contribution in [0, 0.1) is 11.7 Å². The molecule has 2 heterocycles. The molecule has 1 saturated carbocycles. The van der Waals surface area contributed by atoms with Crippen LogP contribution in [0.15, 0.2) is 18.5 Å². The lowest BCUT2D eigenvalue weighted by atomic mass is 10.2. The van der Waals surface area contributed by atoms with Gasteiger partial charge in [-0.1, -0.05) is 0 Å². The summed E-state index contributed by atoms with van der Waals surface area (Å²) in [6, 6.07) is 1.45. The minimum atomic E-state index is -0.534. The summed E-state index contributed by atoms with van der Waals surface area (Å²) >= 11 is 0. The molecule has 102 valence electrons. The number of nitrogens with zero attached hydrogens (tertiary/aromatic N) is 3. The van der Waals surface area contributed by atoms with Gasteiger partial charge in [0.1, 0.15) is 0 Å². The molecule has 0 radical (unpaired) electrons. The molecule has 1 aromatic rings. The molecule has 0 atom stereocenters. The van der Waals surface area contributed by atoms with Crippen LogP contribution in [0.4, 0.5) is 4.39 Å². The highest BCUT2D eigenvalue weighted by atomic mass is 19.1. The van der Waals surface area contributed by atoms with E-state index in [0.29, 0.717) is 13.1 Å². The van der Waals surface area contributed by atoms with Gasteiger partial charge < -0.3 is 4.90 Å². The summed E-state index contributed by atoms with van der Waals surface area (Å²) in [4.78, 5) is 20.0. The van der Waals surface area contributed by atoms with Gasteiger partial charge in [0.05, 0.1) is 11.8 Å². The van der Waals surface area contributed by atoms with Crippen LogP contribution in [0.3, 0.4) is 0 Å². The molecule has 0 unspecified atom stereocenters. The van der Waals surface area contributed by atoms with Crippen molar-refractivity contribution in [1.29, 1.82) is 0 Å². The van der Waals surface area contributed by atoms with Crippen molar-refractivity contribution in [3.8, 4) is 0 Å². The van der Waals surface area contributed by atoms with Crippen molar-refractivity contribution in [3.05, 3.63) is 29.8 Å². The van der Waals surface area contributed by atoms with Crippen molar-refractivity contribution in [1.82, 2.24) is 14.8 Å². The molecule has 4 nitrogen and oxygen atoms in total. The summed E-state index contributed by atoms with van der Waals surface area (Å²) in [6.07, 6.45) is 5.25. The van der Waals surface area contributed by atoms with Crippen molar-refractivity contribution < 1.29 is 9.18 Å². The predicted molar refractivity (Wildman–Crippen MR) is 69.3 cm³/mol. The fraction of sp³-hybridized carbons (Fsp3) is 0.571. The summed E-state index contributed by atoms with van der Waals surface area (Å²) in [6.45, 7) is 4.33. The lowest BCUT2D eigenvalue weighted by molar-refractivity contribution is 0.0627. The first-order chi connectivity index (χ1) is 9.24. The van der Waals surface area contributed by atoms with E-state index >= 15 is 0 Å². The normalized spacial score (nSPS) is 20.6. The third-order valence-corrected chi connectivity index (χ3v) is 3.88. The van der Waals surface area contributed by atoms with Gasteiger partial charge in [-0.25, -0.2) is 4.39 Å². The lowest BCUT2D eigenvalue weighted by Crippen LogP contribution is -2.49. The standard InChI is InChI=1S/C14H18FN3O/c15-13-9-16-4-3-12(13)14(19)18-7-5-17(6-8-18)10-11-1-2-11/h3-4,9,11H,1-2,5-8,10H2. The third-order valence-electron chi connectivity index (χ3n) is 3.88. The zero-order valence-corrected chi connectivity index (χ0v) is 10.9.